The number of fused-ring (bicyclic) bond motifs is 2. The van der Waals surface area contributed by atoms with E-state index in [9.17, 15) is 4.79 Å². The topological polar surface area (TPSA) is 117 Å². The maximum Gasteiger partial charge on any atom is 0.280 e. The molecule has 8 atom stereocenters. The third kappa shape index (κ3) is 4.16. The van der Waals surface area contributed by atoms with Crippen LogP contribution in [0.2, 0.25) is 0 Å². The molecule has 5 rings (SSSR count). The number of hydrogen-bond donors (Lipinski definition) is 2. The largest absolute Gasteiger partial charge is 0.369 e. The Morgan fingerprint density at radius 3 is 3.09 bits per heavy atom. The van der Waals surface area contributed by atoms with Gasteiger partial charge in [-0.3, -0.25) is 14.3 Å². The molecule has 0 radical (unpaired) electrons. The lowest BCUT2D eigenvalue weighted by Crippen LogP contribution is -2.39. The summed E-state index contributed by atoms with van der Waals surface area (Å²) in [5, 5.41) is 0. The Labute approximate surface area is 205 Å². The molecular formula is C21H29FN5O4PS2. The number of nitrogens with two attached hydrogens (primary N) is 1. The molecule has 0 spiro atoms. The van der Waals surface area contributed by atoms with E-state index in [1.165, 1.54) is 16.5 Å². The normalized spacial score (nSPS) is 40.0. The Bertz CT molecular complexity index is 1240. The number of rotatable bonds is 5. The minimum absolute atomic E-state index is 0.0225. The zero-order chi connectivity index (χ0) is 24.4. The highest BCUT2D eigenvalue weighted by Gasteiger charge is 2.54. The van der Waals surface area contributed by atoms with Crippen molar-refractivity contribution in [2.75, 3.05) is 12.3 Å². The third-order valence-corrected chi connectivity index (χ3v) is 13.1. The highest BCUT2D eigenvalue weighted by molar-refractivity contribution is 8.68. The predicted octanol–water partition coefficient (Wildman–Crippen LogP) is 4.08. The minimum atomic E-state index is -2.60. The first-order valence-corrected chi connectivity index (χ1v) is 15.4. The lowest BCUT2D eigenvalue weighted by molar-refractivity contribution is -0.0343. The standard InChI is InChI=1S/C21H29FN5O4PS2/c1-10(2)12-5-6-21(4)14(7-12)31-32(33,34-21)29-8-13-11(3)15(22)19(30-13)27-9-24-16-17(27)25-20(23)26-18(16)28/h9,11-15,19H,1,5-8H2,2-4H3,(H3,23,25,26,28)/t11-,12+,13-,14-,15-,19-,21-,32-/m1/s1. The number of aromatic amines is 1. The van der Waals surface area contributed by atoms with Gasteiger partial charge in [0.05, 0.1) is 25.1 Å². The molecule has 0 aromatic carbocycles. The van der Waals surface area contributed by atoms with Gasteiger partial charge in [0, 0.05) is 10.7 Å². The molecular weight excluding hydrogens is 500 g/mol. The molecule has 3 aliphatic rings. The molecule has 34 heavy (non-hydrogen) atoms. The van der Waals surface area contributed by atoms with E-state index < -0.39 is 35.7 Å². The van der Waals surface area contributed by atoms with Crippen LogP contribution in [0.3, 0.4) is 0 Å². The van der Waals surface area contributed by atoms with Gasteiger partial charge in [0.25, 0.3) is 5.56 Å². The number of allylic oxidation sites excluding steroid dienone is 1. The SMILES string of the molecule is C=C(C)[C@H]1CC[C@@]2(C)S[P@](=S)(OC[C@H]3O[C@@H](n4cnc5c(=O)[nH]c(N)nc54)[C@H](F)[C@@H]3C)O[C@@H]2C1. The maximum atomic E-state index is 15.3. The second kappa shape index (κ2) is 8.67. The van der Waals surface area contributed by atoms with Crippen molar-refractivity contribution < 1.29 is 18.2 Å². The average Bonchev–Trinajstić information content (AvgIpc) is 3.38. The third-order valence-electron chi connectivity index (χ3n) is 7.24. The van der Waals surface area contributed by atoms with Gasteiger partial charge in [0.15, 0.2) is 23.6 Å². The summed E-state index contributed by atoms with van der Waals surface area (Å²) in [4.78, 5) is 22.6. The van der Waals surface area contributed by atoms with Crippen molar-refractivity contribution in [2.45, 2.75) is 69.4 Å². The van der Waals surface area contributed by atoms with Crippen LogP contribution >= 0.6 is 17.1 Å². The first-order valence-electron chi connectivity index (χ1n) is 11.3. The number of nitrogens with one attached hydrogen (secondary N) is 1. The number of hydrogen-bond acceptors (Lipinski definition) is 9. The highest BCUT2D eigenvalue weighted by Crippen LogP contribution is 2.75. The Morgan fingerprint density at radius 2 is 2.35 bits per heavy atom. The number of halogens is 1. The Morgan fingerprint density at radius 1 is 1.59 bits per heavy atom. The molecule has 186 valence electrons. The Hall–Kier alpha value is -1.30. The minimum Gasteiger partial charge on any atom is -0.369 e. The number of aromatic nitrogens is 4. The van der Waals surface area contributed by atoms with Gasteiger partial charge in [-0.1, -0.05) is 30.5 Å². The Balaban J connectivity index is 1.29. The molecule has 0 bridgehead atoms. The second-order valence-electron chi connectivity index (χ2n) is 9.70. The van der Waals surface area contributed by atoms with E-state index in [-0.39, 0.29) is 34.6 Å². The molecule has 0 unspecified atom stereocenters. The van der Waals surface area contributed by atoms with Gasteiger partial charge in [0.2, 0.25) is 11.6 Å². The van der Waals surface area contributed by atoms with Crippen molar-refractivity contribution in [3.8, 4) is 0 Å². The van der Waals surface area contributed by atoms with Crippen LogP contribution in [0.25, 0.3) is 11.2 Å². The number of anilines is 1. The van der Waals surface area contributed by atoms with E-state index in [1.54, 1.807) is 18.3 Å². The summed E-state index contributed by atoms with van der Waals surface area (Å²) in [6, 6.07) is 0. The summed E-state index contributed by atoms with van der Waals surface area (Å²) in [5.41, 5.74) is 4.00. The lowest BCUT2D eigenvalue weighted by Gasteiger charge is -2.37. The zero-order valence-electron chi connectivity index (χ0n) is 19.3. The van der Waals surface area contributed by atoms with Gasteiger partial charge in [-0.05, 0) is 50.8 Å². The van der Waals surface area contributed by atoms with Gasteiger partial charge in [-0.15, -0.1) is 0 Å². The smallest absolute Gasteiger partial charge is 0.280 e. The maximum absolute atomic E-state index is 15.3. The van der Waals surface area contributed by atoms with Crippen molar-refractivity contribution >= 4 is 46.0 Å². The van der Waals surface area contributed by atoms with Crippen LogP contribution in [0.4, 0.5) is 10.3 Å². The molecule has 0 amide bonds. The number of ether oxygens (including phenoxy) is 1. The van der Waals surface area contributed by atoms with Crippen LogP contribution in [0.15, 0.2) is 23.3 Å². The van der Waals surface area contributed by atoms with Gasteiger partial charge < -0.3 is 19.5 Å². The van der Waals surface area contributed by atoms with E-state index in [2.05, 4.69) is 35.4 Å². The first kappa shape index (κ1) is 24.4. The molecule has 2 saturated heterocycles. The quantitative estimate of drug-likeness (QED) is 0.436. The first-order chi connectivity index (χ1) is 16.0. The van der Waals surface area contributed by atoms with Gasteiger partial charge >= 0.3 is 0 Å². The van der Waals surface area contributed by atoms with E-state index in [4.69, 9.17) is 31.3 Å². The van der Waals surface area contributed by atoms with Crippen LogP contribution in [0.5, 0.6) is 0 Å². The van der Waals surface area contributed by atoms with Crippen molar-refractivity contribution in [3.05, 3.63) is 28.8 Å². The fourth-order valence-corrected chi connectivity index (χ4v) is 12.1. The van der Waals surface area contributed by atoms with E-state index in [1.807, 2.05) is 0 Å². The zero-order valence-corrected chi connectivity index (χ0v) is 21.8. The highest BCUT2D eigenvalue weighted by atomic mass is 32.9. The number of imidazole rings is 1. The number of H-pyrrole nitrogens is 1. The molecule has 3 fully saturated rings. The van der Waals surface area contributed by atoms with Crippen molar-refractivity contribution in [1.82, 2.24) is 19.5 Å². The molecule has 2 aromatic rings. The van der Waals surface area contributed by atoms with E-state index in [0.29, 0.717) is 5.92 Å². The second-order valence-corrected chi connectivity index (χ2v) is 16.3. The van der Waals surface area contributed by atoms with Gasteiger partial charge in [0.1, 0.15) is 0 Å². The van der Waals surface area contributed by atoms with E-state index >= 15 is 4.39 Å². The number of nitrogens with zero attached hydrogens (tertiary/aromatic N) is 3. The van der Waals surface area contributed by atoms with Gasteiger partial charge in [-0.2, -0.15) is 4.98 Å². The Kier molecular flexibility index (Phi) is 6.22. The number of alkyl halides is 1. The van der Waals surface area contributed by atoms with Crippen LogP contribution in [0.1, 0.15) is 46.3 Å². The van der Waals surface area contributed by atoms with Crippen molar-refractivity contribution in [2.24, 2.45) is 11.8 Å². The monoisotopic (exact) mass is 529 g/mol. The van der Waals surface area contributed by atoms with Crippen LogP contribution in [-0.2, 0) is 25.6 Å². The van der Waals surface area contributed by atoms with E-state index in [0.717, 1.165) is 19.3 Å². The summed E-state index contributed by atoms with van der Waals surface area (Å²) in [6.07, 6.45) is 1.43. The predicted molar refractivity (Wildman–Crippen MR) is 134 cm³/mol. The van der Waals surface area contributed by atoms with Crippen LogP contribution in [-0.4, -0.2) is 49.3 Å². The molecule has 1 aliphatic carbocycles. The number of nitrogen functional groups attached to an aromatic ring is 1. The summed E-state index contributed by atoms with van der Waals surface area (Å²) in [5.74, 6) is -0.106. The molecule has 4 heterocycles. The van der Waals surface area contributed by atoms with Crippen LogP contribution < -0.4 is 11.3 Å². The van der Waals surface area contributed by atoms with Crippen molar-refractivity contribution in [1.29, 1.82) is 0 Å². The molecule has 2 aliphatic heterocycles. The fourth-order valence-electron chi connectivity index (χ4n) is 4.99. The molecule has 2 aromatic heterocycles. The van der Waals surface area contributed by atoms with Gasteiger partial charge in [-0.25, -0.2) is 9.37 Å². The lowest BCUT2D eigenvalue weighted by atomic mass is 9.77. The molecule has 1 saturated carbocycles. The molecule has 3 N–H and O–H groups in total. The molecule has 9 nitrogen and oxygen atoms in total. The van der Waals surface area contributed by atoms with Crippen LogP contribution in [0, 0.1) is 11.8 Å². The summed E-state index contributed by atoms with van der Waals surface area (Å²) >= 11 is 7.47. The molecule has 13 heteroatoms. The summed E-state index contributed by atoms with van der Waals surface area (Å²) in [6.45, 7) is 10.3. The van der Waals surface area contributed by atoms with Crippen molar-refractivity contribution in [3.63, 3.8) is 0 Å². The summed E-state index contributed by atoms with van der Waals surface area (Å²) in [7, 11) is 0. The fraction of sp³-hybridized carbons (Fsp3) is 0.667. The average molecular weight is 530 g/mol. The summed E-state index contributed by atoms with van der Waals surface area (Å²) < 4.78 is 35.2.